The average molecular weight is 495 g/mol. The first-order valence-electron chi connectivity index (χ1n) is 12.0. The maximum atomic E-state index is 13.2. The number of aromatic nitrogens is 1. The highest BCUT2D eigenvalue weighted by Gasteiger charge is 2.31. The molecule has 2 heterocycles. The standard InChI is InChI=1S/C26H25ClN2O4.C2H6/c1-2-3-5-19-14-29(25(31)17-6-4-7-18(12-17)26(32)33)15-22-21(19)13-23(28-24(22)30)16-8-10-20(27)11-9-16;1-2/h4,6-13,19H,2-3,5,14-15H2,1H3,(H,28,30)(H,32,33);1-2H3. The SMILES string of the molecule is CC.CCCCC1CN(C(=O)c2cccc(C(=O)O)c2)Cc2c1cc(-c1ccc(Cl)cc1)[nH]c2=O. The molecule has 2 aromatic carbocycles. The molecule has 184 valence electrons. The highest BCUT2D eigenvalue weighted by atomic mass is 35.5. The number of benzene rings is 2. The highest BCUT2D eigenvalue weighted by Crippen LogP contribution is 2.33. The molecule has 4 rings (SSSR count). The van der Waals surface area contributed by atoms with Gasteiger partial charge in [0.15, 0.2) is 0 Å². The van der Waals surface area contributed by atoms with Crippen LogP contribution in [0.25, 0.3) is 11.3 Å². The Labute approximate surface area is 210 Å². The minimum atomic E-state index is -1.08. The van der Waals surface area contributed by atoms with Gasteiger partial charge in [-0.05, 0) is 53.9 Å². The van der Waals surface area contributed by atoms with E-state index in [0.29, 0.717) is 22.7 Å². The summed E-state index contributed by atoms with van der Waals surface area (Å²) in [7, 11) is 0. The van der Waals surface area contributed by atoms with Crippen LogP contribution in [0.15, 0.2) is 59.4 Å². The second-order valence-electron chi connectivity index (χ2n) is 8.36. The summed E-state index contributed by atoms with van der Waals surface area (Å²) in [6.07, 6.45) is 2.84. The van der Waals surface area contributed by atoms with Crippen LogP contribution in [0.2, 0.25) is 5.02 Å². The number of carboxylic acids is 1. The van der Waals surface area contributed by atoms with E-state index in [-0.39, 0.29) is 29.5 Å². The van der Waals surface area contributed by atoms with Crippen LogP contribution < -0.4 is 5.56 Å². The first-order valence-corrected chi connectivity index (χ1v) is 12.4. The molecule has 3 aromatic rings. The molecule has 1 aliphatic heterocycles. The minimum Gasteiger partial charge on any atom is -0.478 e. The number of hydrogen-bond donors (Lipinski definition) is 2. The van der Waals surface area contributed by atoms with E-state index in [1.807, 2.05) is 32.0 Å². The van der Waals surface area contributed by atoms with Crippen molar-refractivity contribution >= 4 is 23.5 Å². The number of aromatic carboxylic acids is 1. The van der Waals surface area contributed by atoms with Crippen molar-refractivity contribution in [3.63, 3.8) is 0 Å². The van der Waals surface area contributed by atoms with Gasteiger partial charge in [-0.1, -0.05) is 63.4 Å². The van der Waals surface area contributed by atoms with Crippen LogP contribution in [0.3, 0.4) is 0 Å². The smallest absolute Gasteiger partial charge is 0.335 e. The van der Waals surface area contributed by atoms with E-state index in [9.17, 15) is 19.5 Å². The Balaban J connectivity index is 0.00000167. The van der Waals surface area contributed by atoms with Crippen LogP contribution in [0.5, 0.6) is 0 Å². The third-order valence-electron chi connectivity index (χ3n) is 6.11. The Kier molecular flexibility index (Phi) is 8.88. The third kappa shape index (κ3) is 6.01. The molecule has 1 atom stereocenters. The van der Waals surface area contributed by atoms with Crippen molar-refractivity contribution in [3.8, 4) is 11.3 Å². The van der Waals surface area contributed by atoms with Crippen LogP contribution in [0.4, 0.5) is 0 Å². The normalized spacial score (nSPS) is 14.5. The Morgan fingerprint density at radius 2 is 1.77 bits per heavy atom. The number of carboxylic acid groups (broad SMARTS) is 1. The van der Waals surface area contributed by atoms with Gasteiger partial charge in [0, 0.05) is 34.3 Å². The largest absolute Gasteiger partial charge is 0.478 e. The summed E-state index contributed by atoms with van der Waals surface area (Å²) in [5.41, 5.74) is 3.32. The number of nitrogens with zero attached hydrogens (tertiary/aromatic N) is 1. The second-order valence-corrected chi connectivity index (χ2v) is 8.80. The zero-order chi connectivity index (χ0) is 25.5. The maximum Gasteiger partial charge on any atom is 0.335 e. The number of aromatic amines is 1. The van der Waals surface area contributed by atoms with Gasteiger partial charge in [-0.2, -0.15) is 0 Å². The molecule has 0 saturated carbocycles. The lowest BCUT2D eigenvalue weighted by molar-refractivity contribution is 0.0697. The lowest BCUT2D eigenvalue weighted by Gasteiger charge is -2.34. The molecule has 0 bridgehead atoms. The van der Waals surface area contributed by atoms with Crippen LogP contribution >= 0.6 is 11.6 Å². The van der Waals surface area contributed by atoms with Crippen LogP contribution in [-0.2, 0) is 6.54 Å². The van der Waals surface area contributed by atoms with E-state index in [0.717, 1.165) is 36.1 Å². The summed E-state index contributed by atoms with van der Waals surface area (Å²) < 4.78 is 0. The molecule has 7 heteroatoms. The number of H-pyrrole nitrogens is 1. The molecule has 35 heavy (non-hydrogen) atoms. The summed E-state index contributed by atoms with van der Waals surface area (Å²) >= 11 is 6.01. The quantitative estimate of drug-likeness (QED) is 0.417. The third-order valence-corrected chi connectivity index (χ3v) is 6.36. The van der Waals surface area contributed by atoms with Crippen molar-refractivity contribution < 1.29 is 14.7 Å². The zero-order valence-corrected chi connectivity index (χ0v) is 21.1. The van der Waals surface area contributed by atoms with Gasteiger partial charge in [-0.3, -0.25) is 9.59 Å². The van der Waals surface area contributed by atoms with E-state index in [4.69, 9.17) is 11.6 Å². The number of hydrogen-bond acceptors (Lipinski definition) is 3. The number of fused-ring (bicyclic) bond motifs is 1. The Morgan fingerprint density at radius 3 is 2.43 bits per heavy atom. The van der Waals surface area contributed by atoms with Gasteiger partial charge in [0.05, 0.1) is 12.1 Å². The number of amides is 1. The zero-order valence-electron chi connectivity index (χ0n) is 20.3. The predicted octanol–water partition coefficient (Wildman–Crippen LogP) is 6.35. The summed E-state index contributed by atoms with van der Waals surface area (Å²) in [5.74, 6) is -1.33. The molecule has 1 unspecified atom stereocenters. The minimum absolute atomic E-state index is 0.0219. The van der Waals surface area contributed by atoms with E-state index in [1.54, 1.807) is 29.2 Å². The maximum absolute atomic E-state index is 13.2. The fourth-order valence-electron chi connectivity index (χ4n) is 4.36. The van der Waals surface area contributed by atoms with Gasteiger partial charge in [0.25, 0.3) is 11.5 Å². The topological polar surface area (TPSA) is 90.5 Å². The number of pyridine rings is 1. The number of rotatable bonds is 6. The number of carbonyl (C=O) groups is 2. The van der Waals surface area contributed by atoms with Crippen LogP contribution in [0, 0.1) is 0 Å². The summed E-state index contributed by atoms with van der Waals surface area (Å²) in [4.78, 5) is 42.3. The number of nitrogens with one attached hydrogen (secondary N) is 1. The molecule has 0 fully saturated rings. The van der Waals surface area contributed by atoms with E-state index >= 15 is 0 Å². The Bertz CT molecular complexity index is 1250. The first kappa shape index (κ1) is 26.2. The van der Waals surface area contributed by atoms with E-state index < -0.39 is 5.97 Å². The molecular formula is C28H31ClN2O4. The lowest BCUT2D eigenvalue weighted by Crippen LogP contribution is -2.41. The van der Waals surface area contributed by atoms with Gasteiger partial charge in [-0.25, -0.2) is 4.79 Å². The number of carbonyl (C=O) groups excluding carboxylic acids is 1. The summed E-state index contributed by atoms with van der Waals surface area (Å²) in [6.45, 7) is 6.78. The molecule has 1 amide bonds. The fourth-order valence-corrected chi connectivity index (χ4v) is 4.49. The van der Waals surface area contributed by atoms with Crippen LogP contribution in [0.1, 0.15) is 77.8 Å². The molecule has 0 radical (unpaired) electrons. The average Bonchev–Trinajstić information content (AvgIpc) is 2.88. The van der Waals surface area contributed by atoms with Gasteiger partial charge in [0.2, 0.25) is 0 Å². The monoisotopic (exact) mass is 494 g/mol. The molecule has 0 spiro atoms. The Hall–Kier alpha value is -3.38. The first-order chi connectivity index (χ1) is 16.9. The predicted molar refractivity (Wildman–Crippen MR) is 139 cm³/mol. The lowest BCUT2D eigenvalue weighted by atomic mass is 9.85. The van der Waals surface area contributed by atoms with Crippen molar-refractivity contribution in [2.75, 3.05) is 6.54 Å². The Morgan fingerprint density at radius 1 is 1.09 bits per heavy atom. The van der Waals surface area contributed by atoms with E-state index in [2.05, 4.69) is 11.9 Å². The van der Waals surface area contributed by atoms with Crippen LogP contribution in [-0.4, -0.2) is 33.4 Å². The molecule has 0 saturated heterocycles. The van der Waals surface area contributed by atoms with Crippen molar-refractivity contribution in [1.29, 1.82) is 0 Å². The molecule has 1 aliphatic rings. The summed E-state index contributed by atoms with van der Waals surface area (Å²) in [6, 6.07) is 15.3. The van der Waals surface area contributed by atoms with Gasteiger partial charge in [-0.15, -0.1) is 0 Å². The van der Waals surface area contributed by atoms with Crippen molar-refractivity contribution in [3.05, 3.63) is 92.2 Å². The summed E-state index contributed by atoms with van der Waals surface area (Å²) in [5, 5.41) is 9.89. The molecular weight excluding hydrogens is 464 g/mol. The number of unbranched alkanes of at least 4 members (excludes halogenated alkanes) is 1. The van der Waals surface area contributed by atoms with E-state index in [1.165, 1.54) is 12.1 Å². The molecule has 1 aromatic heterocycles. The highest BCUT2D eigenvalue weighted by molar-refractivity contribution is 6.30. The fraction of sp³-hybridized carbons (Fsp3) is 0.321. The molecule has 0 aliphatic carbocycles. The molecule has 6 nitrogen and oxygen atoms in total. The van der Waals surface area contributed by atoms with Gasteiger partial charge >= 0.3 is 5.97 Å². The molecule has 2 N–H and O–H groups in total. The van der Waals surface area contributed by atoms with Crippen molar-refractivity contribution in [1.82, 2.24) is 9.88 Å². The van der Waals surface area contributed by atoms with Crippen molar-refractivity contribution in [2.45, 2.75) is 52.5 Å². The van der Waals surface area contributed by atoms with Gasteiger partial charge in [0.1, 0.15) is 0 Å². The van der Waals surface area contributed by atoms with Gasteiger partial charge < -0.3 is 15.0 Å². The van der Waals surface area contributed by atoms with Crippen molar-refractivity contribution in [2.24, 2.45) is 0 Å². The second kappa shape index (κ2) is 11.8. The number of halogens is 1.